The molecule has 1 aromatic carbocycles. The molecular formula is C18H28N2O. The van der Waals surface area contributed by atoms with Crippen LogP contribution >= 0.6 is 0 Å². The van der Waals surface area contributed by atoms with Gasteiger partial charge in [-0.3, -0.25) is 4.90 Å². The first-order valence-corrected chi connectivity index (χ1v) is 8.31. The third kappa shape index (κ3) is 2.82. The number of nitrogens with one attached hydrogen (secondary N) is 1. The summed E-state index contributed by atoms with van der Waals surface area (Å²) in [5.74, 6) is 1.78. The summed E-state index contributed by atoms with van der Waals surface area (Å²) in [7, 11) is 2.23. The molecule has 0 aromatic heterocycles. The quantitative estimate of drug-likeness (QED) is 0.896. The molecule has 0 amide bonds. The molecule has 2 N–H and O–H groups in total. The van der Waals surface area contributed by atoms with E-state index >= 15 is 0 Å². The summed E-state index contributed by atoms with van der Waals surface area (Å²) in [6.45, 7) is 7.89. The number of nitrogens with zero attached hydrogens (tertiary/aromatic N) is 1. The molecule has 3 heteroatoms. The number of aryl methyl sites for hydroxylation is 1. The lowest BCUT2D eigenvalue weighted by molar-refractivity contribution is 0.183. The number of aromatic hydroxyl groups is 1. The van der Waals surface area contributed by atoms with Crippen LogP contribution in [0.4, 0.5) is 0 Å². The van der Waals surface area contributed by atoms with Crippen LogP contribution in [0.15, 0.2) is 12.1 Å². The van der Waals surface area contributed by atoms with Crippen LogP contribution in [0.25, 0.3) is 0 Å². The molecule has 0 saturated carbocycles. The molecule has 3 rings (SSSR count). The average molecular weight is 288 g/mol. The van der Waals surface area contributed by atoms with Crippen LogP contribution in [0.1, 0.15) is 54.8 Å². The van der Waals surface area contributed by atoms with E-state index in [1.807, 2.05) is 6.07 Å². The molecule has 0 bridgehead atoms. The number of piperidine rings is 1. The van der Waals surface area contributed by atoms with Crippen molar-refractivity contribution in [3.63, 3.8) is 0 Å². The molecule has 1 fully saturated rings. The van der Waals surface area contributed by atoms with Crippen LogP contribution in [-0.4, -0.2) is 36.7 Å². The van der Waals surface area contributed by atoms with Crippen molar-refractivity contribution in [2.45, 2.75) is 45.1 Å². The summed E-state index contributed by atoms with van der Waals surface area (Å²) in [6, 6.07) is 4.30. The van der Waals surface area contributed by atoms with E-state index < -0.39 is 0 Å². The number of phenolic OH excluding ortho intramolecular Hbond substituents is 1. The molecule has 3 nitrogen and oxygen atoms in total. The highest BCUT2D eigenvalue weighted by atomic mass is 16.3. The zero-order valence-corrected chi connectivity index (χ0v) is 13.5. The Labute approximate surface area is 128 Å². The van der Waals surface area contributed by atoms with Gasteiger partial charge in [0, 0.05) is 18.2 Å². The lowest BCUT2D eigenvalue weighted by Gasteiger charge is -2.32. The Balaban J connectivity index is 1.80. The lowest BCUT2D eigenvalue weighted by Crippen LogP contribution is -2.37. The second kappa shape index (κ2) is 5.98. The average Bonchev–Trinajstić information content (AvgIpc) is 2.83. The van der Waals surface area contributed by atoms with E-state index in [9.17, 15) is 5.11 Å². The zero-order valence-electron chi connectivity index (χ0n) is 13.5. The van der Waals surface area contributed by atoms with Gasteiger partial charge < -0.3 is 10.4 Å². The normalized spacial score (nSPS) is 28.9. The van der Waals surface area contributed by atoms with Crippen molar-refractivity contribution < 1.29 is 5.11 Å². The molecule has 2 aliphatic rings. The van der Waals surface area contributed by atoms with Crippen LogP contribution in [-0.2, 0) is 0 Å². The maximum absolute atomic E-state index is 10.4. The van der Waals surface area contributed by atoms with Crippen molar-refractivity contribution in [2.24, 2.45) is 5.92 Å². The van der Waals surface area contributed by atoms with Gasteiger partial charge in [-0.05, 0) is 75.4 Å². The summed E-state index contributed by atoms with van der Waals surface area (Å²) in [4.78, 5) is 2.47. The standard InChI is InChI=1S/C18H28N2O/c1-12-6-7-16(21)18-15(9-13(2)17(12)18)20(3)11-14-5-4-8-19-10-14/h6-7,13-15,19,21H,4-5,8-11H2,1-3H3. The summed E-state index contributed by atoms with van der Waals surface area (Å²) < 4.78 is 0. The molecule has 1 aromatic rings. The van der Waals surface area contributed by atoms with Gasteiger partial charge in [0.25, 0.3) is 0 Å². The Morgan fingerprint density at radius 3 is 2.86 bits per heavy atom. The second-order valence-electron chi connectivity index (χ2n) is 7.03. The Kier molecular flexibility index (Phi) is 4.23. The molecule has 116 valence electrons. The number of fused-ring (bicyclic) bond motifs is 1. The van der Waals surface area contributed by atoms with Crippen molar-refractivity contribution in [3.8, 4) is 5.75 Å². The molecule has 1 aliphatic carbocycles. The fourth-order valence-corrected chi connectivity index (χ4v) is 4.32. The van der Waals surface area contributed by atoms with Crippen molar-refractivity contribution in [1.29, 1.82) is 0 Å². The van der Waals surface area contributed by atoms with E-state index in [1.165, 1.54) is 36.1 Å². The Morgan fingerprint density at radius 2 is 2.14 bits per heavy atom. The Hall–Kier alpha value is -1.06. The van der Waals surface area contributed by atoms with Crippen LogP contribution in [0.3, 0.4) is 0 Å². The smallest absolute Gasteiger partial charge is 0.120 e. The van der Waals surface area contributed by atoms with Gasteiger partial charge in [-0.25, -0.2) is 0 Å². The highest BCUT2D eigenvalue weighted by molar-refractivity contribution is 5.50. The molecule has 1 saturated heterocycles. The van der Waals surface area contributed by atoms with Crippen molar-refractivity contribution in [2.75, 3.05) is 26.7 Å². The maximum atomic E-state index is 10.4. The predicted molar refractivity (Wildman–Crippen MR) is 86.8 cm³/mol. The maximum Gasteiger partial charge on any atom is 0.120 e. The first-order valence-electron chi connectivity index (χ1n) is 8.31. The van der Waals surface area contributed by atoms with Gasteiger partial charge in [-0.2, -0.15) is 0 Å². The predicted octanol–water partition coefficient (Wildman–Crippen LogP) is 3.18. The minimum Gasteiger partial charge on any atom is -0.508 e. The molecule has 3 unspecified atom stereocenters. The first-order chi connectivity index (χ1) is 10.1. The van der Waals surface area contributed by atoms with E-state index in [0.717, 1.165) is 25.4 Å². The Morgan fingerprint density at radius 1 is 1.33 bits per heavy atom. The third-order valence-corrected chi connectivity index (χ3v) is 5.36. The van der Waals surface area contributed by atoms with E-state index in [1.54, 1.807) is 0 Å². The summed E-state index contributed by atoms with van der Waals surface area (Å²) >= 11 is 0. The molecule has 1 aliphatic heterocycles. The minimum absolute atomic E-state index is 0.372. The summed E-state index contributed by atoms with van der Waals surface area (Å²) in [5, 5.41) is 13.9. The fourth-order valence-electron chi connectivity index (χ4n) is 4.32. The monoisotopic (exact) mass is 288 g/mol. The zero-order chi connectivity index (χ0) is 15.0. The molecule has 1 heterocycles. The van der Waals surface area contributed by atoms with Crippen LogP contribution in [0, 0.1) is 12.8 Å². The van der Waals surface area contributed by atoms with Crippen LogP contribution < -0.4 is 5.32 Å². The van der Waals surface area contributed by atoms with Crippen molar-refractivity contribution in [3.05, 3.63) is 28.8 Å². The van der Waals surface area contributed by atoms with E-state index in [-0.39, 0.29) is 0 Å². The van der Waals surface area contributed by atoms with E-state index in [0.29, 0.717) is 17.7 Å². The molecule has 3 atom stereocenters. The Bertz CT molecular complexity index is 508. The van der Waals surface area contributed by atoms with E-state index in [2.05, 4.69) is 37.2 Å². The number of hydrogen-bond donors (Lipinski definition) is 2. The highest BCUT2D eigenvalue weighted by Crippen LogP contribution is 2.48. The molecular weight excluding hydrogens is 260 g/mol. The van der Waals surface area contributed by atoms with Gasteiger partial charge in [0.05, 0.1) is 0 Å². The number of phenols is 1. The van der Waals surface area contributed by atoms with E-state index in [4.69, 9.17) is 0 Å². The lowest BCUT2D eigenvalue weighted by atomic mass is 9.96. The topological polar surface area (TPSA) is 35.5 Å². The van der Waals surface area contributed by atoms with Crippen LogP contribution in [0.5, 0.6) is 5.75 Å². The largest absolute Gasteiger partial charge is 0.508 e. The van der Waals surface area contributed by atoms with Gasteiger partial charge in [-0.15, -0.1) is 0 Å². The second-order valence-corrected chi connectivity index (χ2v) is 7.03. The first kappa shape index (κ1) is 14.9. The van der Waals surface area contributed by atoms with Crippen molar-refractivity contribution in [1.82, 2.24) is 10.2 Å². The molecule has 0 radical (unpaired) electrons. The van der Waals surface area contributed by atoms with Crippen molar-refractivity contribution >= 4 is 0 Å². The third-order valence-electron chi connectivity index (χ3n) is 5.36. The molecule has 0 spiro atoms. The summed E-state index contributed by atoms with van der Waals surface area (Å²) in [5.41, 5.74) is 3.90. The SMILES string of the molecule is Cc1ccc(O)c2c1C(C)CC2N(C)CC1CCCNC1. The number of hydrogen-bond acceptors (Lipinski definition) is 3. The molecule has 21 heavy (non-hydrogen) atoms. The fraction of sp³-hybridized carbons (Fsp3) is 0.667. The van der Waals surface area contributed by atoms with Gasteiger partial charge >= 0.3 is 0 Å². The highest BCUT2D eigenvalue weighted by Gasteiger charge is 2.35. The van der Waals surface area contributed by atoms with Crippen LogP contribution in [0.2, 0.25) is 0 Å². The minimum atomic E-state index is 0.372. The van der Waals surface area contributed by atoms with Gasteiger partial charge in [0.1, 0.15) is 5.75 Å². The van der Waals surface area contributed by atoms with Gasteiger partial charge in [0.15, 0.2) is 0 Å². The van der Waals surface area contributed by atoms with Gasteiger partial charge in [0.2, 0.25) is 0 Å². The van der Waals surface area contributed by atoms with Gasteiger partial charge in [-0.1, -0.05) is 13.0 Å². The summed E-state index contributed by atoms with van der Waals surface area (Å²) in [6.07, 6.45) is 3.75. The number of rotatable bonds is 3. The number of benzene rings is 1.